The van der Waals surface area contributed by atoms with E-state index < -0.39 is 0 Å². The van der Waals surface area contributed by atoms with Crippen LogP contribution >= 0.6 is 0 Å². The maximum atomic E-state index is 3.91. The average Bonchev–Trinajstić information content (AvgIpc) is 2.56. The number of nitrogens with one attached hydrogen (secondary N) is 1. The van der Waals surface area contributed by atoms with Gasteiger partial charge in [-0.2, -0.15) is 0 Å². The van der Waals surface area contributed by atoms with Crippen LogP contribution in [0.2, 0.25) is 0 Å². The van der Waals surface area contributed by atoms with Gasteiger partial charge in [0.1, 0.15) is 0 Å². The van der Waals surface area contributed by atoms with Crippen LogP contribution in [0.4, 0.5) is 11.4 Å². The van der Waals surface area contributed by atoms with Crippen molar-refractivity contribution in [3.8, 4) is 11.1 Å². The van der Waals surface area contributed by atoms with Gasteiger partial charge in [0, 0.05) is 16.9 Å². The monoisotopic (exact) mass is 271 g/mol. The molecular weight excluding hydrogens is 254 g/mol. The van der Waals surface area contributed by atoms with Crippen molar-refractivity contribution < 1.29 is 0 Å². The van der Waals surface area contributed by atoms with Crippen LogP contribution in [0.25, 0.3) is 17.2 Å². The van der Waals surface area contributed by atoms with E-state index >= 15 is 0 Å². The third-order valence-electron chi connectivity index (χ3n) is 3.45. The summed E-state index contributed by atoms with van der Waals surface area (Å²) in [5.74, 6) is 0. The highest BCUT2D eigenvalue weighted by Gasteiger charge is 2.07. The molecule has 21 heavy (non-hydrogen) atoms. The van der Waals surface area contributed by atoms with Crippen LogP contribution in [-0.2, 0) is 0 Å². The van der Waals surface area contributed by atoms with Gasteiger partial charge in [-0.05, 0) is 29.3 Å². The van der Waals surface area contributed by atoms with E-state index in [2.05, 4.69) is 60.4 Å². The van der Waals surface area contributed by atoms with Crippen molar-refractivity contribution in [3.05, 3.63) is 91.0 Å². The molecule has 0 aromatic heterocycles. The van der Waals surface area contributed by atoms with Crippen LogP contribution in [-0.4, -0.2) is 0 Å². The summed E-state index contributed by atoms with van der Waals surface area (Å²) in [6, 6.07) is 26.9. The summed E-state index contributed by atoms with van der Waals surface area (Å²) in [5.41, 5.74) is 5.68. The Hall–Kier alpha value is -2.80. The first-order valence-corrected chi connectivity index (χ1v) is 7.01. The molecule has 3 aromatic carbocycles. The molecule has 0 radical (unpaired) electrons. The van der Waals surface area contributed by atoms with Crippen LogP contribution in [0.15, 0.2) is 85.4 Å². The van der Waals surface area contributed by atoms with Gasteiger partial charge in [-0.1, -0.05) is 73.3 Å². The highest BCUT2D eigenvalue weighted by Crippen LogP contribution is 2.32. The molecule has 1 heteroatoms. The molecular formula is C20H17N. The zero-order valence-electron chi connectivity index (χ0n) is 11.8. The SMILES string of the molecule is C=Cc1ccccc1-c1ccccc1Nc1ccccc1. The Morgan fingerprint density at radius 2 is 1.29 bits per heavy atom. The fraction of sp³-hybridized carbons (Fsp3) is 0. The van der Waals surface area contributed by atoms with E-state index in [1.165, 1.54) is 11.1 Å². The van der Waals surface area contributed by atoms with Crippen LogP contribution in [0, 0.1) is 0 Å². The van der Waals surface area contributed by atoms with Gasteiger partial charge in [0.15, 0.2) is 0 Å². The molecule has 3 rings (SSSR count). The largest absolute Gasteiger partial charge is 0.355 e. The Morgan fingerprint density at radius 3 is 2.05 bits per heavy atom. The molecule has 0 aliphatic heterocycles. The molecule has 0 unspecified atom stereocenters. The van der Waals surface area contributed by atoms with E-state index in [1.807, 2.05) is 36.4 Å². The Labute approximate surface area is 125 Å². The first-order valence-electron chi connectivity index (χ1n) is 7.01. The first kappa shape index (κ1) is 13.2. The van der Waals surface area contributed by atoms with Crippen LogP contribution in [0.1, 0.15) is 5.56 Å². The minimum Gasteiger partial charge on any atom is -0.355 e. The summed E-state index contributed by atoms with van der Waals surface area (Å²) in [4.78, 5) is 0. The Bertz CT molecular complexity index is 745. The summed E-state index contributed by atoms with van der Waals surface area (Å²) >= 11 is 0. The third-order valence-corrected chi connectivity index (χ3v) is 3.45. The number of benzene rings is 3. The van der Waals surface area contributed by atoms with E-state index in [0.717, 1.165) is 16.9 Å². The van der Waals surface area contributed by atoms with Gasteiger partial charge in [-0.25, -0.2) is 0 Å². The zero-order chi connectivity index (χ0) is 14.5. The van der Waals surface area contributed by atoms with E-state index in [0.29, 0.717) is 0 Å². The Kier molecular flexibility index (Phi) is 3.83. The highest BCUT2D eigenvalue weighted by atomic mass is 14.9. The quantitative estimate of drug-likeness (QED) is 0.638. The molecule has 0 spiro atoms. The van der Waals surface area contributed by atoms with Crippen molar-refractivity contribution in [2.45, 2.75) is 0 Å². The second-order valence-electron chi connectivity index (χ2n) is 4.83. The minimum absolute atomic E-state index is 1.08. The molecule has 0 fully saturated rings. The molecule has 0 bridgehead atoms. The van der Waals surface area contributed by atoms with Gasteiger partial charge in [0.25, 0.3) is 0 Å². The van der Waals surface area contributed by atoms with Gasteiger partial charge in [0.05, 0.1) is 0 Å². The molecule has 102 valence electrons. The van der Waals surface area contributed by atoms with Crippen molar-refractivity contribution in [3.63, 3.8) is 0 Å². The lowest BCUT2D eigenvalue weighted by Gasteiger charge is -2.14. The van der Waals surface area contributed by atoms with Gasteiger partial charge in [-0.15, -0.1) is 0 Å². The molecule has 0 saturated heterocycles. The zero-order valence-corrected chi connectivity index (χ0v) is 11.8. The molecule has 0 atom stereocenters. The lowest BCUT2D eigenvalue weighted by molar-refractivity contribution is 1.52. The fourth-order valence-electron chi connectivity index (χ4n) is 2.42. The van der Waals surface area contributed by atoms with Crippen molar-refractivity contribution in [1.29, 1.82) is 0 Å². The smallest absolute Gasteiger partial charge is 0.0464 e. The van der Waals surface area contributed by atoms with Crippen LogP contribution < -0.4 is 5.32 Å². The first-order chi connectivity index (χ1) is 10.4. The minimum atomic E-state index is 1.08. The lowest BCUT2D eigenvalue weighted by Crippen LogP contribution is -1.93. The summed E-state index contributed by atoms with van der Waals surface area (Å²) in [6.07, 6.45) is 1.90. The van der Waals surface area contributed by atoms with E-state index in [1.54, 1.807) is 0 Å². The van der Waals surface area contributed by atoms with Crippen LogP contribution in [0.5, 0.6) is 0 Å². The molecule has 0 saturated carbocycles. The molecule has 0 heterocycles. The normalized spacial score (nSPS) is 10.1. The van der Waals surface area contributed by atoms with Crippen molar-refractivity contribution in [2.75, 3.05) is 5.32 Å². The van der Waals surface area contributed by atoms with Gasteiger partial charge >= 0.3 is 0 Å². The lowest BCUT2D eigenvalue weighted by atomic mass is 9.98. The van der Waals surface area contributed by atoms with E-state index in [-0.39, 0.29) is 0 Å². The summed E-state index contributed by atoms with van der Waals surface area (Å²) in [6.45, 7) is 3.91. The Balaban J connectivity index is 2.06. The van der Waals surface area contributed by atoms with Gasteiger partial charge in [-0.3, -0.25) is 0 Å². The molecule has 1 N–H and O–H groups in total. The number of para-hydroxylation sites is 2. The second-order valence-corrected chi connectivity index (χ2v) is 4.83. The Morgan fingerprint density at radius 1 is 0.667 bits per heavy atom. The molecule has 0 aliphatic carbocycles. The van der Waals surface area contributed by atoms with Gasteiger partial charge < -0.3 is 5.32 Å². The highest BCUT2D eigenvalue weighted by molar-refractivity contribution is 5.85. The number of hydrogen-bond donors (Lipinski definition) is 1. The molecule has 0 aliphatic rings. The molecule has 1 nitrogen and oxygen atoms in total. The molecule has 0 amide bonds. The van der Waals surface area contributed by atoms with Crippen molar-refractivity contribution in [1.82, 2.24) is 0 Å². The summed E-state index contributed by atoms with van der Waals surface area (Å²) < 4.78 is 0. The second kappa shape index (κ2) is 6.10. The molecule has 3 aromatic rings. The number of hydrogen-bond acceptors (Lipinski definition) is 1. The topological polar surface area (TPSA) is 12.0 Å². The fourth-order valence-corrected chi connectivity index (χ4v) is 2.42. The van der Waals surface area contributed by atoms with Crippen molar-refractivity contribution >= 4 is 17.5 Å². The van der Waals surface area contributed by atoms with E-state index in [9.17, 15) is 0 Å². The standard InChI is InChI=1S/C20H17N/c1-2-16-10-6-7-13-18(16)19-14-8-9-15-20(19)21-17-11-4-3-5-12-17/h2-15,21H,1H2. The maximum Gasteiger partial charge on any atom is 0.0464 e. The summed E-state index contributed by atoms with van der Waals surface area (Å²) in [7, 11) is 0. The number of anilines is 2. The maximum absolute atomic E-state index is 3.91. The predicted octanol–water partition coefficient (Wildman–Crippen LogP) is 5.74. The third kappa shape index (κ3) is 2.87. The average molecular weight is 271 g/mol. The van der Waals surface area contributed by atoms with Gasteiger partial charge in [0.2, 0.25) is 0 Å². The van der Waals surface area contributed by atoms with Crippen LogP contribution in [0.3, 0.4) is 0 Å². The number of rotatable bonds is 4. The van der Waals surface area contributed by atoms with Crippen molar-refractivity contribution in [2.24, 2.45) is 0 Å². The summed E-state index contributed by atoms with van der Waals surface area (Å²) in [5, 5.41) is 3.49. The predicted molar refractivity (Wildman–Crippen MR) is 91.7 cm³/mol. The van der Waals surface area contributed by atoms with E-state index in [4.69, 9.17) is 0 Å².